The van der Waals surface area contributed by atoms with Crippen LogP contribution < -0.4 is 4.74 Å². The third-order valence-electron chi connectivity index (χ3n) is 3.56. The molecule has 1 aromatic rings. The highest BCUT2D eigenvalue weighted by molar-refractivity contribution is 5.39. The first-order chi connectivity index (χ1) is 8.99. The average Bonchev–Trinajstić information content (AvgIpc) is 2.43. The zero-order chi connectivity index (χ0) is 14.4. The molecular formula is C16H24N2O. The number of hydrogen-bond acceptors (Lipinski definition) is 3. The van der Waals surface area contributed by atoms with Crippen LogP contribution in [0.25, 0.3) is 0 Å². The van der Waals surface area contributed by atoms with Crippen LogP contribution >= 0.6 is 0 Å². The summed E-state index contributed by atoms with van der Waals surface area (Å²) in [6, 6.07) is 8.61. The van der Waals surface area contributed by atoms with Gasteiger partial charge in [-0.25, -0.2) is 0 Å². The number of likely N-dealkylation sites (N-methyl/N-ethyl adjacent to an activating group) is 1. The quantitative estimate of drug-likeness (QED) is 0.788. The summed E-state index contributed by atoms with van der Waals surface area (Å²) in [5.74, 6) is 1.45. The van der Waals surface area contributed by atoms with Crippen LogP contribution in [0, 0.1) is 11.3 Å². The van der Waals surface area contributed by atoms with Crippen molar-refractivity contribution >= 4 is 0 Å². The summed E-state index contributed by atoms with van der Waals surface area (Å²) in [7, 11) is 3.69. The van der Waals surface area contributed by atoms with E-state index in [1.807, 2.05) is 14.0 Å². The summed E-state index contributed by atoms with van der Waals surface area (Å²) in [6.45, 7) is 7.12. The predicted octanol–water partition coefficient (Wildman–Crippen LogP) is 3.20. The number of methoxy groups -OCH3 is 1. The topological polar surface area (TPSA) is 36.3 Å². The molecule has 1 rings (SSSR count). The number of ether oxygens (including phenoxy) is 1. The van der Waals surface area contributed by atoms with Gasteiger partial charge in [-0.15, -0.1) is 0 Å². The minimum atomic E-state index is -0.0547. The molecule has 0 aliphatic carbocycles. The van der Waals surface area contributed by atoms with Crippen LogP contribution in [0.4, 0.5) is 0 Å². The van der Waals surface area contributed by atoms with Crippen LogP contribution in [-0.2, 0) is 6.42 Å². The molecule has 104 valence electrons. The molecule has 3 heteroatoms. The van der Waals surface area contributed by atoms with Gasteiger partial charge in [-0.1, -0.05) is 26.0 Å². The van der Waals surface area contributed by atoms with Crippen molar-refractivity contribution in [2.45, 2.75) is 39.2 Å². The lowest BCUT2D eigenvalue weighted by molar-refractivity contribution is 0.304. The Labute approximate surface area is 116 Å². The van der Waals surface area contributed by atoms with Crippen LogP contribution in [0.15, 0.2) is 18.2 Å². The Kier molecular flexibility index (Phi) is 5.85. The largest absolute Gasteiger partial charge is 0.496 e. The van der Waals surface area contributed by atoms with Crippen molar-refractivity contribution in [2.75, 3.05) is 20.7 Å². The maximum atomic E-state index is 8.88. The highest BCUT2D eigenvalue weighted by Crippen LogP contribution is 2.25. The second-order valence-electron chi connectivity index (χ2n) is 5.26. The van der Waals surface area contributed by atoms with Crippen LogP contribution in [0.5, 0.6) is 5.75 Å². The van der Waals surface area contributed by atoms with Gasteiger partial charge < -0.3 is 4.74 Å². The fraction of sp³-hybridized carbons (Fsp3) is 0.562. The average molecular weight is 260 g/mol. The van der Waals surface area contributed by atoms with Gasteiger partial charge in [-0.05, 0) is 43.5 Å². The van der Waals surface area contributed by atoms with E-state index in [1.165, 1.54) is 11.1 Å². The van der Waals surface area contributed by atoms with Gasteiger partial charge in [0.25, 0.3) is 0 Å². The van der Waals surface area contributed by atoms with E-state index in [2.05, 4.69) is 43.0 Å². The van der Waals surface area contributed by atoms with Crippen LogP contribution in [-0.4, -0.2) is 31.6 Å². The van der Waals surface area contributed by atoms with Crippen LogP contribution in [0.1, 0.15) is 37.8 Å². The molecule has 19 heavy (non-hydrogen) atoms. The van der Waals surface area contributed by atoms with E-state index in [1.54, 1.807) is 7.11 Å². The second kappa shape index (κ2) is 7.16. The minimum absolute atomic E-state index is 0.0547. The molecule has 0 saturated carbocycles. The number of rotatable bonds is 6. The molecule has 1 unspecified atom stereocenters. The third-order valence-corrected chi connectivity index (χ3v) is 3.56. The molecule has 0 aliphatic heterocycles. The fourth-order valence-electron chi connectivity index (χ4n) is 1.92. The normalized spacial score (nSPS) is 12.5. The van der Waals surface area contributed by atoms with Gasteiger partial charge in [-0.2, -0.15) is 5.26 Å². The molecule has 0 aliphatic rings. The molecule has 0 bridgehead atoms. The molecule has 0 saturated heterocycles. The first-order valence-corrected chi connectivity index (χ1v) is 6.76. The Balaban J connectivity index is 2.76. The van der Waals surface area contributed by atoms with Crippen molar-refractivity contribution in [1.29, 1.82) is 5.26 Å². The highest BCUT2D eigenvalue weighted by atomic mass is 16.5. The van der Waals surface area contributed by atoms with E-state index in [4.69, 9.17) is 10.00 Å². The molecule has 0 spiro atoms. The zero-order valence-electron chi connectivity index (χ0n) is 12.6. The van der Waals surface area contributed by atoms with Gasteiger partial charge in [-0.3, -0.25) is 4.90 Å². The molecule has 0 aromatic heterocycles. The second-order valence-corrected chi connectivity index (χ2v) is 5.26. The molecule has 3 nitrogen and oxygen atoms in total. The van der Waals surface area contributed by atoms with Crippen molar-refractivity contribution in [2.24, 2.45) is 0 Å². The molecular weight excluding hydrogens is 236 g/mol. The van der Waals surface area contributed by atoms with E-state index >= 15 is 0 Å². The monoisotopic (exact) mass is 260 g/mol. The Morgan fingerprint density at radius 3 is 2.53 bits per heavy atom. The molecule has 1 aromatic carbocycles. The summed E-state index contributed by atoms with van der Waals surface area (Å²) in [6.07, 6.45) is 0.893. The Bertz CT molecular complexity index is 449. The molecule has 1 atom stereocenters. The van der Waals surface area contributed by atoms with Crippen molar-refractivity contribution < 1.29 is 4.74 Å². The third kappa shape index (κ3) is 4.25. The lowest BCUT2D eigenvalue weighted by Gasteiger charge is -2.20. The summed E-state index contributed by atoms with van der Waals surface area (Å²) in [5, 5.41) is 8.88. The lowest BCUT2D eigenvalue weighted by Crippen LogP contribution is -2.29. The number of benzene rings is 1. The smallest absolute Gasteiger partial charge is 0.122 e. The standard InChI is InChI=1S/C16H24N2O/c1-12(2)15-7-6-14(16(10-15)19-5)8-9-18(4)13(3)11-17/h6-7,10,12-13H,8-9H2,1-5H3. The van der Waals surface area contributed by atoms with Gasteiger partial charge in [0.05, 0.1) is 19.2 Å². The Morgan fingerprint density at radius 2 is 2.00 bits per heavy atom. The van der Waals surface area contributed by atoms with E-state index in [0.717, 1.165) is 18.7 Å². The van der Waals surface area contributed by atoms with Crippen molar-refractivity contribution in [3.8, 4) is 11.8 Å². The maximum Gasteiger partial charge on any atom is 0.122 e. The lowest BCUT2D eigenvalue weighted by atomic mass is 9.99. The van der Waals surface area contributed by atoms with Gasteiger partial charge in [0.2, 0.25) is 0 Å². The summed E-state index contributed by atoms with van der Waals surface area (Å²) in [4.78, 5) is 2.05. The molecule has 0 amide bonds. The van der Waals surface area contributed by atoms with Gasteiger partial charge in [0.15, 0.2) is 0 Å². The first kappa shape index (κ1) is 15.5. The summed E-state index contributed by atoms with van der Waals surface area (Å²) >= 11 is 0. The van der Waals surface area contributed by atoms with Crippen molar-refractivity contribution in [1.82, 2.24) is 4.90 Å². The van der Waals surface area contributed by atoms with Gasteiger partial charge in [0.1, 0.15) is 5.75 Å². The molecule has 0 fully saturated rings. The minimum Gasteiger partial charge on any atom is -0.496 e. The van der Waals surface area contributed by atoms with Gasteiger partial charge in [0, 0.05) is 6.54 Å². The van der Waals surface area contributed by atoms with E-state index in [0.29, 0.717) is 5.92 Å². The van der Waals surface area contributed by atoms with E-state index in [-0.39, 0.29) is 6.04 Å². The zero-order valence-corrected chi connectivity index (χ0v) is 12.6. The number of nitriles is 1. The Hall–Kier alpha value is -1.53. The number of nitrogens with zero attached hydrogens (tertiary/aromatic N) is 2. The molecule has 0 N–H and O–H groups in total. The highest BCUT2D eigenvalue weighted by Gasteiger charge is 2.10. The number of hydrogen-bond donors (Lipinski definition) is 0. The van der Waals surface area contributed by atoms with Crippen molar-refractivity contribution in [3.05, 3.63) is 29.3 Å². The maximum absolute atomic E-state index is 8.88. The Morgan fingerprint density at radius 1 is 1.32 bits per heavy atom. The predicted molar refractivity (Wildman–Crippen MR) is 78.5 cm³/mol. The first-order valence-electron chi connectivity index (χ1n) is 6.76. The SMILES string of the molecule is COc1cc(C(C)C)ccc1CCN(C)C(C)C#N. The summed E-state index contributed by atoms with van der Waals surface area (Å²) < 4.78 is 5.47. The van der Waals surface area contributed by atoms with Crippen LogP contribution in [0.3, 0.4) is 0 Å². The van der Waals surface area contributed by atoms with Crippen molar-refractivity contribution in [3.63, 3.8) is 0 Å². The van der Waals surface area contributed by atoms with E-state index < -0.39 is 0 Å². The van der Waals surface area contributed by atoms with E-state index in [9.17, 15) is 0 Å². The molecule has 0 heterocycles. The molecule has 0 radical (unpaired) electrons. The summed E-state index contributed by atoms with van der Waals surface area (Å²) in [5.41, 5.74) is 2.49. The fourth-order valence-corrected chi connectivity index (χ4v) is 1.92. The van der Waals surface area contributed by atoms with Gasteiger partial charge >= 0.3 is 0 Å². The van der Waals surface area contributed by atoms with Crippen LogP contribution in [0.2, 0.25) is 0 Å².